The maximum atomic E-state index is 15.1. The predicted molar refractivity (Wildman–Crippen MR) is 129 cm³/mol. The number of hydrogen-bond acceptors (Lipinski definition) is 5. The van der Waals surface area contributed by atoms with Crippen LogP contribution in [0.15, 0.2) is 67.1 Å². The molecule has 166 valence electrons. The highest BCUT2D eigenvalue weighted by atomic mass is 19.1. The summed E-state index contributed by atoms with van der Waals surface area (Å²) < 4.78 is 22.5. The van der Waals surface area contributed by atoms with Gasteiger partial charge in [0.15, 0.2) is 0 Å². The Morgan fingerprint density at radius 3 is 2.71 bits per heavy atom. The zero-order valence-electron chi connectivity index (χ0n) is 18.5. The van der Waals surface area contributed by atoms with Gasteiger partial charge in [0.25, 0.3) is 0 Å². The van der Waals surface area contributed by atoms with Crippen LogP contribution in [0.1, 0.15) is 17.0 Å². The van der Waals surface area contributed by atoms with Crippen LogP contribution in [0.2, 0.25) is 0 Å². The lowest BCUT2D eigenvalue weighted by atomic mass is 10.1. The second kappa shape index (κ2) is 8.25. The molecular weight excluding hydrogens is 429 g/mol. The van der Waals surface area contributed by atoms with Crippen molar-refractivity contribution in [3.8, 4) is 17.5 Å². The molecule has 1 saturated heterocycles. The van der Waals surface area contributed by atoms with Crippen LogP contribution in [0, 0.1) is 24.6 Å². The van der Waals surface area contributed by atoms with E-state index in [0.717, 1.165) is 38.9 Å². The van der Waals surface area contributed by atoms with Gasteiger partial charge in [-0.05, 0) is 49.4 Å². The average molecular weight is 449 g/mol. The van der Waals surface area contributed by atoms with Crippen LogP contribution >= 0.6 is 0 Å². The molecule has 0 aliphatic carbocycles. The van der Waals surface area contributed by atoms with Gasteiger partial charge in [0.1, 0.15) is 23.9 Å². The fourth-order valence-corrected chi connectivity index (χ4v) is 4.34. The van der Waals surface area contributed by atoms with E-state index in [1.165, 1.54) is 0 Å². The SMILES string of the molecule is Cc1nc2cnc3ccc(C#Cc4cccnc4)cc3c2n1-c1ccc(N2CCOC2)c(F)c1. The Labute approximate surface area is 195 Å². The summed E-state index contributed by atoms with van der Waals surface area (Å²) in [5.74, 6) is 6.82. The van der Waals surface area contributed by atoms with E-state index in [1.807, 2.05) is 52.8 Å². The molecule has 6 nitrogen and oxygen atoms in total. The number of anilines is 1. The third-order valence-electron chi connectivity index (χ3n) is 5.95. The van der Waals surface area contributed by atoms with Gasteiger partial charge in [0.2, 0.25) is 0 Å². The Hall–Kier alpha value is -4.28. The standard InChI is InChI=1S/C27H20FN5O/c1-18-31-25-16-30-24-8-6-19(4-5-20-3-2-10-29-15-20)13-22(24)27(25)33(18)21-7-9-26(23(28)14-21)32-11-12-34-17-32/h2-3,6-10,13-16H,11-12,17H2,1H3. The lowest BCUT2D eigenvalue weighted by Gasteiger charge is -2.18. The number of aromatic nitrogens is 4. The molecule has 0 unspecified atom stereocenters. The first-order valence-corrected chi connectivity index (χ1v) is 11.0. The first-order chi connectivity index (χ1) is 16.7. The van der Waals surface area contributed by atoms with Crippen molar-refractivity contribution in [1.29, 1.82) is 0 Å². The summed E-state index contributed by atoms with van der Waals surface area (Å²) in [6.45, 7) is 3.61. The molecule has 0 radical (unpaired) electrons. The van der Waals surface area contributed by atoms with Crippen LogP contribution in [0.5, 0.6) is 0 Å². The molecule has 1 aliphatic rings. The summed E-state index contributed by atoms with van der Waals surface area (Å²) in [5.41, 5.74) is 5.41. The third kappa shape index (κ3) is 3.54. The number of aryl methyl sites for hydroxylation is 1. The molecule has 0 saturated carbocycles. The minimum atomic E-state index is -0.286. The Balaban J connectivity index is 1.50. The molecule has 34 heavy (non-hydrogen) atoms. The number of halogens is 1. The van der Waals surface area contributed by atoms with E-state index >= 15 is 4.39 Å². The molecule has 4 heterocycles. The van der Waals surface area contributed by atoms with Gasteiger partial charge in [-0.3, -0.25) is 14.5 Å². The molecule has 0 bridgehead atoms. The summed E-state index contributed by atoms with van der Waals surface area (Å²) in [6, 6.07) is 15.0. The molecule has 7 heteroatoms. The fourth-order valence-electron chi connectivity index (χ4n) is 4.34. The van der Waals surface area contributed by atoms with Gasteiger partial charge in [-0.25, -0.2) is 9.37 Å². The summed E-state index contributed by atoms with van der Waals surface area (Å²) in [7, 11) is 0. The smallest absolute Gasteiger partial charge is 0.148 e. The topological polar surface area (TPSA) is 56.1 Å². The highest BCUT2D eigenvalue weighted by molar-refractivity contribution is 6.03. The maximum absolute atomic E-state index is 15.1. The van der Waals surface area contributed by atoms with Gasteiger partial charge in [-0.2, -0.15) is 0 Å². The van der Waals surface area contributed by atoms with Crippen molar-refractivity contribution in [1.82, 2.24) is 19.5 Å². The van der Waals surface area contributed by atoms with E-state index in [0.29, 0.717) is 31.3 Å². The number of rotatable bonds is 2. The normalized spacial score (nSPS) is 13.4. The predicted octanol–water partition coefficient (Wildman–Crippen LogP) is 4.61. The van der Waals surface area contributed by atoms with Gasteiger partial charge in [-0.1, -0.05) is 11.8 Å². The van der Waals surface area contributed by atoms with E-state index in [-0.39, 0.29) is 5.82 Å². The first kappa shape index (κ1) is 20.3. The van der Waals surface area contributed by atoms with Gasteiger partial charge in [0, 0.05) is 41.5 Å². The summed E-state index contributed by atoms with van der Waals surface area (Å²) in [4.78, 5) is 15.3. The minimum Gasteiger partial charge on any atom is -0.359 e. The van der Waals surface area contributed by atoms with Crippen molar-refractivity contribution in [2.75, 3.05) is 24.8 Å². The van der Waals surface area contributed by atoms with Crippen molar-refractivity contribution < 1.29 is 9.13 Å². The molecule has 0 spiro atoms. The minimum absolute atomic E-state index is 0.286. The lowest BCUT2D eigenvalue weighted by molar-refractivity contribution is 0.201. The molecular formula is C27H20FN5O. The zero-order valence-corrected chi connectivity index (χ0v) is 18.5. The van der Waals surface area contributed by atoms with Crippen LogP contribution in [0.25, 0.3) is 27.6 Å². The first-order valence-electron chi connectivity index (χ1n) is 11.0. The maximum Gasteiger partial charge on any atom is 0.148 e. The van der Waals surface area contributed by atoms with E-state index in [2.05, 4.69) is 21.8 Å². The number of nitrogens with zero attached hydrogens (tertiary/aromatic N) is 5. The molecule has 3 aromatic heterocycles. The number of fused-ring (bicyclic) bond motifs is 3. The second-order valence-corrected chi connectivity index (χ2v) is 8.15. The number of pyridine rings is 2. The molecule has 1 aliphatic heterocycles. The highest BCUT2D eigenvalue weighted by Gasteiger charge is 2.19. The zero-order chi connectivity index (χ0) is 23.1. The Morgan fingerprint density at radius 1 is 1.00 bits per heavy atom. The summed E-state index contributed by atoms with van der Waals surface area (Å²) in [5, 5.41) is 0.911. The second-order valence-electron chi connectivity index (χ2n) is 8.15. The van der Waals surface area contributed by atoms with Crippen molar-refractivity contribution >= 4 is 27.6 Å². The van der Waals surface area contributed by atoms with E-state index in [9.17, 15) is 0 Å². The molecule has 0 N–H and O–H groups in total. The summed E-state index contributed by atoms with van der Waals surface area (Å²) in [6.07, 6.45) is 5.22. The molecule has 0 atom stereocenters. The fraction of sp³-hybridized carbons (Fsp3) is 0.148. The highest BCUT2D eigenvalue weighted by Crippen LogP contribution is 2.30. The third-order valence-corrected chi connectivity index (χ3v) is 5.95. The van der Waals surface area contributed by atoms with E-state index in [1.54, 1.807) is 30.7 Å². The Bertz CT molecular complexity index is 1590. The van der Waals surface area contributed by atoms with Crippen molar-refractivity contribution in [3.63, 3.8) is 0 Å². The Kier molecular flexibility index (Phi) is 4.93. The van der Waals surface area contributed by atoms with E-state index in [4.69, 9.17) is 9.72 Å². The molecule has 0 amide bonds. The van der Waals surface area contributed by atoms with Gasteiger partial charge >= 0.3 is 0 Å². The molecule has 5 aromatic rings. The monoisotopic (exact) mass is 449 g/mol. The van der Waals surface area contributed by atoms with Crippen LogP contribution < -0.4 is 4.90 Å². The Morgan fingerprint density at radius 2 is 1.91 bits per heavy atom. The summed E-state index contributed by atoms with van der Waals surface area (Å²) >= 11 is 0. The molecule has 6 rings (SSSR count). The quantitative estimate of drug-likeness (QED) is 0.369. The molecule has 2 aromatic carbocycles. The largest absolute Gasteiger partial charge is 0.359 e. The van der Waals surface area contributed by atoms with Crippen LogP contribution in [-0.2, 0) is 4.74 Å². The van der Waals surface area contributed by atoms with Crippen LogP contribution in [0.3, 0.4) is 0 Å². The van der Waals surface area contributed by atoms with Crippen molar-refractivity contribution in [3.05, 3.63) is 89.9 Å². The lowest BCUT2D eigenvalue weighted by Crippen LogP contribution is -2.19. The van der Waals surface area contributed by atoms with Crippen LogP contribution in [0.4, 0.5) is 10.1 Å². The van der Waals surface area contributed by atoms with Gasteiger partial charge < -0.3 is 9.64 Å². The van der Waals surface area contributed by atoms with Crippen LogP contribution in [-0.4, -0.2) is 39.4 Å². The average Bonchev–Trinajstić information content (AvgIpc) is 3.51. The van der Waals surface area contributed by atoms with Gasteiger partial charge in [-0.15, -0.1) is 0 Å². The van der Waals surface area contributed by atoms with E-state index < -0.39 is 0 Å². The van der Waals surface area contributed by atoms with Crippen molar-refractivity contribution in [2.45, 2.75) is 6.92 Å². The molecule has 1 fully saturated rings. The number of ether oxygens (including phenoxy) is 1. The number of imidazole rings is 1. The number of benzene rings is 2. The van der Waals surface area contributed by atoms with Crippen molar-refractivity contribution in [2.24, 2.45) is 0 Å². The number of hydrogen-bond donors (Lipinski definition) is 0. The van der Waals surface area contributed by atoms with Gasteiger partial charge in [0.05, 0.1) is 35.2 Å².